The van der Waals surface area contributed by atoms with Gasteiger partial charge >= 0.3 is 0 Å². The summed E-state index contributed by atoms with van der Waals surface area (Å²) in [5.74, 6) is -0.185. The lowest BCUT2D eigenvalue weighted by Gasteiger charge is -2.19. The third-order valence-electron chi connectivity index (χ3n) is 3.01. The first-order valence-electron chi connectivity index (χ1n) is 6.25. The highest BCUT2D eigenvalue weighted by atomic mass is 32.1. The molecule has 0 aliphatic carbocycles. The standard InChI is InChI=1S/C15H18FNS/c1-3-9-17-15(14-8-10-18-11(14)2)12-4-6-13(16)7-5-12/h4-8,10,15,17H,3,9H2,1-2H3. The average Bonchev–Trinajstić information content (AvgIpc) is 2.78. The molecule has 1 N–H and O–H groups in total. The zero-order valence-electron chi connectivity index (χ0n) is 10.7. The van der Waals surface area contributed by atoms with Gasteiger partial charge in [-0.15, -0.1) is 11.3 Å². The quantitative estimate of drug-likeness (QED) is 0.848. The summed E-state index contributed by atoms with van der Waals surface area (Å²) in [4.78, 5) is 1.31. The Bertz CT molecular complexity index is 489. The number of nitrogens with one attached hydrogen (secondary N) is 1. The molecule has 1 heterocycles. The number of hydrogen-bond donors (Lipinski definition) is 1. The Morgan fingerprint density at radius 3 is 2.50 bits per heavy atom. The number of benzene rings is 1. The third-order valence-corrected chi connectivity index (χ3v) is 3.87. The van der Waals surface area contributed by atoms with E-state index in [1.165, 1.54) is 22.6 Å². The summed E-state index contributed by atoms with van der Waals surface area (Å²) in [6.07, 6.45) is 1.08. The smallest absolute Gasteiger partial charge is 0.123 e. The molecule has 0 fully saturated rings. The minimum absolute atomic E-state index is 0.164. The topological polar surface area (TPSA) is 12.0 Å². The Kier molecular flexibility index (Phi) is 4.50. The molecule has 1 aromatic heterocycles. The second-order valence-corrected chi connectivity index (χ2v) is 5.49. The van der Waals surface area contributed by atoms with Crippen LogP contribution in [0.5, 0.6) is 0 Å². The van der Waals surface area contributed by atoms with Crippen LogP contribution >= 0.6 is 11.3 Å². The summed E-state index contributed by atoms with van der Waals surface area (Å²) in [5.41, 5.74) is 2.41. The van der Waals surface area contributed by atoms with Crippen molar-refractivity contribution in [3.05, 3.63) is 57.5 Å². The molecule has 1 nitrogen and oxygen atoms in total. The van der Waals surface area contributed by atoms with Crippen LogP contribution in [0.3, 0.4) is 0 Å². The SMILES string of the molecule is CCCNC(c1ccc(F)cc1)c1ccsc1C. The number of rotatable bonds is 5. The van der Waals surface area contributed by atoms with E-state index in [0.717, 1.165) is 18.5 Å². The Hall–Kier alpha value is -1.19. The first-order valence-corrected chi connectivity index (χ1v) is 7.13. The molecule has 0 radical (unpaired) electrons. The maximum atomic E-state index is 13.0. The predicted octanol–water partition coefficient (Wildman–Crippen LogP) is 4.28. The van der Waals surface area contributed by atoms with Gasteiger partial charge in [-0.1, -0.05) is 19.1 Å². The monoisotopic (exact) mass is 263 g/mol. The van der Waals surface area contributed by atoms with Gasteiger partial charge in [0.1, 0.15) is 5.82 Å². The number of aryl methyl sites for hydroxylation is 1. The van der Waals surface area contributed by atoms with Crippen LogP contribution in [0.15, 0.2) is 35.7 Å². The van der Waals surface area contributed by atoms with Gasteiger partial charge in [0.25, 0.3) is 0 Å². The van der Waals surface area contributed by atoms with Gasteiger partial charge in [-0.05, 0) is 54.6 Å². The third kappa shape index (κ3) is 2.98. The molecule has 1 atom stereocenters. The van der Waals surface area contributed by atoms with Gasteiger partial charge in [0, 0.05) is 4.88 Å². The van der Waals surface area contributed by atoms with Crippen molar-refractivity contribution in [1.29, 1.82) is 0 Å². The van der Waals surface area contributed by atoms with Crippen LogP contribution in [-0.4, -0.2) is 6.54 Å². The van der Waals surface area contributed by atoms with E-state index >= 15 is 0 Å². The molecule has 0 saturated heterocycles. The van der Waals surface area contributed by atoms with Crippen molar-refractivity contribution in [2.45, 2.75) is 26.3 Å². The summed E-state index contributed by atoms with van der Waals surface area (Å²) in [6.45, 7) is 5.23. The summed E-state index contributed by atoms with van der Waals surface area (Å²) in [7, 11) is 0. The van der Waals surface area contributed by atoms with Crippen LogP contribution in [0.25, 0.3) is 0 Å². The lowest BCUT2D eigenvalue weighted by Crippen LogP contribution is -2.23. The van der Waals surface area contributed by atoms with Crippen LogP contribution in [-0.2, 0) is 0 Å². The van der Waals surface area contributed by atoms with Crippen molar-refractivity contribution in [2.24, 2.45) is 0 Å². The molecule has 3 heteroatoms. The molecule has 1 aromatic carbocycles. The van der Waals surface area contributed by atoms with E-state index in [2.05, 4.69) is 30.6 Å². The molecule has 0 spiro atoms. The Labute approximate surface area is 112 Å². The normalized spacial score (nSPS) is 12.6. The van der Waals surface area contributed by atoms with Crippen molar-refractivity contribution in [3.8, 4) is 0 Å². The van der Waals surface area contributed by atoms with E-state index in [0.29, 0.717) is 0 Å². The van der Waals surface area contributed by atoms with Gasteiger partial charge in [-0.3, -0.25) is 0 Å². The summed E-state index contributed by atoms with van der Waals surface area (Å²) >= 11 is 1.75. The zero-order chi connectivity index (χ0) is 13.0. The molecule has 2 rings (SSSR count). The lowest BCUT2D eigenvalue weighted by atomic mass is 9.99. The van der Waals surface area contributed by atoms with E-state index < -0.39 is 0 Å². The van der Waals surface area contributed by atoms with Gasteiger partial charge in [-0.25, -0.2) is 4.39 Å². The van der Waals surface area contributed by atoms with Crippen molar-refractivity contribution >= 4 is 11.3 Å². The highest BCUT2D eigenvalue weighted by Gasteiger charge is 2.16. The van der Waals surface area contributed by atoms with E-state index in [9.17, 15) is 4.39 Å². The number of halogens is 1. The van der Waals surface area contributed by atoms with E-state index in [-0.39, 0.29) is 11.9 Å². The molecule has 18 heavy (non-hydrogen) atoms. The number of thiophene rings is 1. The van der Waals surface area contributed by atoms with Gasteiger partial charge in [-0.2, -0.15) is 0 Å². The molecular formula is C15H18FNS. The van der Waals surface area contributed by atoms with Crippen LogP contribution in [0.4, 0.5) is 4.39 Å². The predicted molar refractivity (Wildman–Crippen MR) is 75.6 cm³/mol. The van der Waals surface area contributed by atoms with Crippen LogP contribution < -0.4 is 5.32 Å². The average molecular weight is 263 g/mol. The minimum Gasteiger partial charge on any atom is -0.306 e. The van der Waals surface area contributed by atoms with Gasteiger partial charge < -0.3 is 5.32 Å². The second kappa shape index (κ2) is 6.12. The summed E-state index contributed by atoms with van der Waals surface area (Å²) in [6, 6.07) is 9.09. The molecule has 0 saturated carbocycles. The molecule has 0 bridgehead atoms. The van der Waals surface area contributed by atoms with Crippen LogP contribution in [0, 0.1) is 12.7 Å². The van der Waals surface area contributed by atoms with Crippen molar-refractivity contribution < 1.29 is 4.39 Å². The largest absolute Gasteiger partial charge is 0.306 e. The summed E-state index contributed by atoms with van der Waals surface area (Å²) < 4.78 is 13.0. The zero-order valence-corrected chi connectivity index (χ0v) is 11.6. The molecule has 2 aromatic rings. The first kappa shape index (κ1) is 13.2. The second-order valence-electron chi connectivity index (χ2n) is 4.37. The van der Waals surface area contributed by atoms with Gasteiger partial charge in [0.2, 0.25) is 0 Å². The Morgan fingerprint density at radius 2 is 1.94 bits per heavy atom. The van der Waals surface area contributed by atoms with Crippen LogP contribution in [0.2, 0.25) is 0 Å². The highest BCUT2D eigenvalue weighted by Crippen LogP contribution is 2.28. The fourth-order valence-corrected chi connectivity index (χ4v) is 2.79. The van der Waals surface area contributed by atoms with Crippen molar-refractivity contribution in [3.63, 3.8) is 0 Å². The highest BCUT2D eigenvalue weighted by molar-refractivity contribution is 7.10. The van der Waals surface area contributed by atoms with E-state index in [1.807, 2.05) is 12.1 Å². The molecular weight excluding hydrogens is 245 g/mol. The van der Waals surface area contributed by atoms with E-state index in [1.54, 1.807) is 11.3 Å². The summed E-state index contributed by atoms with van der Waals surface area (Å²) in [5, 5.41) is 5.64. The van der Waals surface area contributed by atoms with Crippen molar-refractivity contribution in [2.75, 3.05) is 6.54 Å². The molecule has 0 aliphatic rings. The minimum atomic E-state index is -0.185. The fourth-order valence-electron chi connectivity index (χ4n) is 2.05. The fraction of sp³-hybridized carbons (Fsp3) is 0.333. The van der Waals surface area contributed by atoms with Crippen LogP contribution in [0.1, 0.15) is 35.4 Å². The van der Waals surface area contributed by atoms with Crippen molar-refractivity contribution in [1.82, 2.24) is 5.32 Å². The van der Waals surface area contributed by atoms with Gasteiger partial charge in [0.05, 0.1) is 6.04 Å². The lowest BCUT2D eigenvalue weighted by molar-refractivity contribution is 0.592. The Morgan fingerprint density at radius 1 is 1.22 bits per heavy atom. The van der Waals surface area contributed by atoms with E-state index in [4.69, 9.17) is 0 Å². The van der Waals surface area contributed by atoms with Gasteiger partial charge in [0.15, 0.2) is 0 Å². The maximum Gasteiger partial charge on any atom is 0.123 e. The maximum absolute atomic E-state index is 13.0. The molecule has 96 valence electrons. The Balaban J connectivity index is 2.30. The molecule has 0 aliphatic heterocycles. The first-order chi connectivity index (χ1) is 8.72. The molecule has 0 amide bonds. The molecule has 1 unspecified atom stereocenters. The number of hydrogen-bond acceptors (Lipinski definition) is 2.